The van der Waals surface area contributed by atoms with E-state index in [-0.39, 0.29) is 5.92 Å². The van der Waals surface area contributed by atoms with E-state index in [4.69, 9.17) is 5.73 Å². The number of nitrogens with zero attached hydrogens (tertiary/aromatic N) is 4. The summed E-state index contributed by atoms with van der Waals surface area (Å²) >= 11 is 0. The molecule has 0 aliphatic heterocycles. The lowest BCUT2D eigenvalue weighted by Gasteiger charge is -2.07. The highest BCUT2D eigenvalue weighted by Crippen LogP contribution is 2.19. The highest BCUT2D eigenvalue weighted by Gasteiger charge is 2.10. The second kappa shape index (κ2) is 5.23. The first kappa shape index (κ1) is 12.0. The van der Waals surface area contributed by atoms with Crippen molar-refractivity contribution >= 4 is 5.82 Å². The van der Waals surface area contributed by atoms with Crippen molar-refractivity contribution in [2.45, 2.75) is 19.8 Å². The van der Waals surface area contributed by atoms with Crippen molar-refractivity contribution in [3.8, 4) is 11.8 Å². The lowest BCUT2D eigenvalue weighted by molar-refractivity contribution is 0.811. The van der Waals surface area contributed by atoms with Crippen LogP contribution in [0, 0.1) is 11.8 Å². The Morgan fingerprint density at radius 3 is 2.61 bits per heavy atom. The Bertz CT molecular complexity index is 596. The Kier molecular flexibility index (Phi) is 3.49. The average molecular weight is 239 g/mol. The summed E-state index contributed by atoms with van der Waals surface area (Å²) in [4.78, 5) is 16.2. The van der Waals surface area contributed by atoms with Gasteiger partial charge in [-0.25, -0.2) is 15.0 Å². The Morgan fingerprint density at radius 2 is 1.94 bits per heavy atom. The van der Waals surface area contributed by atoms with Crippen LogP contribution < -0.4 is 5.73 Å². The van der Waals surface area contributed by atoms with E-state index in [1.807, 2.05) is 13.8 Å². The number of anilines is 1. The zero-order valence-corrected chi connectivity index (χ0v) is 10.3. The van der Waals surface area contributed by atoms with E-state index in [2.05, 4.69) is 31.8 Å². The first-order valence-corrected chi connectivity index (χ1v) is 5.57. The molecule has 18 heavy (non-hydrogen) atoms. The average Bonchev–Trinajstić information content (AvgIpc) is 2.38. The van der Waals surface area contributed by atoms with E-state index in [9.17, 15) is 0 Å². The van der Waals surface area contributed by atoms with Crippen LogP contribution in [0.25, 0.3) is 0 Å². The molecule has 0 atom stereocenters. The molecular weight excluding hydrogens is 226 g/mol. The third-order valence-electron chi connectivity index (χ3n) is 2.33. The summed E-state index contributed by atoms with van der Waals surface area (Å²) in [6.45, 7) is 4.07. The van der Waals surface area contributed by atoms with Gasteiger partial charge in [-0.2, -0.15) is 0 Å². The van der Waals surface area contributed by atoms with Crippen molar-refractivity contribution in [2.75, 3.05) is 5.73 Å². The van der Waals surface area contributed by atoms with E-state index in [1.165, 1.54) is 6.33 Å². The van der Waals surface area contributed by atoms with Gasteiger partial charge in [0.2, 0.25) is 0 Å². The largest absolute Gasteiger partial charge is 0.383 e. The molecule has 0 amide bonds. The van der Waals surface area contributed by atoms with Crippen LogP contribution in [0.1, 0.15) is 36.7 Å². The number of hydrogen-bond acceptors (Lipinski definition) is 5. The molecule has 0 aliphatic carbocycles. The van der Waals surface area contributed by atoms with Crippen molar-refractivity contribution in [2.24, 2.45) is 0 Å². The van der Waals surface area contributed by atoms with Gasteiger partial charge < -0.3 is 5.73 Å². The normalized spacial score (nSPS) is 9.94. The van der Waals surface area contributed by atoms with Gasteiger partial charge in [-0.1, -0.05) is 19.8 Å². The van der Waals surface area contributed by atoms with Gasteiger partial charge >= 0.3 is 0 Å². The molecular formula is C13H13N5. The summed E-state index contributed by atoms with van der Waals surface area (Å²) in [5.74, 6) is 6.52. The number of hydrogen-bond donors (Lipinski definition) is 1. The second-order valence-electron chi connectivity index (χ2n) is 4.01. The molecule has 2 heterocycles. The lowest BCUT2D eigenvalue weighted by atomic mass is 10.0. The highest BCUT2D eigenvalue weighted by molar-refractivity contribution is 5.55. The van der Waals surface area contributed by atoms with Gasteiger partial charge in [0, 0.05) is 12.4 Å². The first-order valence-electron chi connectivity index (χ1n) is 5.57. The van der Waals surface area contributed by atoms with Gasteiger partial charge in [-0.3, -0.25) is 4.98 Å². The summed E-state index contributed by atoms with van der Waals surface area (Å²) in [5, 5.41) is 0. The molecule has 5 heteroatoms. The molecule has 0 bridgehead atoms. The van der Waals surface area contributed by atoms with Crippen molar-refractivity contribution in [3.63, 3.8) is 0 Å². The van der Waals surface area contributed by atoms with Crippen LogP contribution in [0.5, 0.6) is 0 Å². The number of nitrogen functional groups attached to an aromatic ring is 1. The highest BCUT2D eigenvalue weighted by atomic mass is 14.9. The minimum absolute atomic E-state index is 0.237. The molecule has 0 radical (unpaired) electrons. The zero-order chi connectivity index (χ0) is 13.0. The quantitative estimate of drug-likeness (QED) is 0.760. The Labute approximate surface area is 106 Å². The molecule has 0 aliphatic rings. The number of rotatable bonds is 1. The SMILES string of the molecule is CC(C)c1ncnc(N)c1C#Cc1cnccn1. The lowest BCUT2D eigenvalue weighted by Crippen LogP contribution is -2.04. The maximum Gasteiger partial charge on any atom is 0.142 e. The summed E-state index contributed by atoms with van der Waals surface area (Å²) in [5.41, 5.74) is 7.94. The number of aromatic nitrogens is 4. The van der Waals surface area contributed by atoms with Gasteiger partial charge in [0.05, 0.1) is 17.5 Å². The van der Waals surface area contributed by atoms with Gasteiger partial charge in [-0.05, 0) is 11.8 Å². The summed E-state index contributed by atoms with van der Waals surface area (Å²) in [6.07, 6.45) is 6.25. The van der Waals surface area contributed by atoms with Gasteiger partial charge in [0.25, 0.3) is 0 Å². The van der Waals surface area contributed by atoms with Crippen LogP contribution in [-0.2, 0) is 0 Å². The third kappa shape index (κ3) is 2.61. The van der Waals surface area contributed by atoms with Gasteiger partial charge in [0.15, 0.2) is 0 Å². The van der Waals surface area contributed by atoms with Crippen molar-refractivity contribution in [3.05, 3.63) is 41.9 Å². The molecule has 0 unspecified atom stereocenters. The van der Waals surface area contributed by atoms with Crippen LogP contribution in [0.4, 0.5) is 5.82 Å². The Morgan fingerprint density at radius 1 is 1.11 bits per heavy atom. The fourth-order valence-electron chi connectivity index (χ4n) is 1.47. The van der Waals surface area contributed by atoms with Crippen LogP contribution >= 0.6 is 0 Å². The van der Waals surface area contributed by atoms with Crippen LogP contribution in [0.3, 0.4) is 0 Å². The number of nitrogens with two attached hydrogens (primary N) is 1. The van der Waals surface area contributed by atoms with Crippen LogP contribution in [-0.4, -0.2) is 19.9 Å². The third-order valence-corrected chi connectivity index (χ3v) is 2.33. The molecule has 5 nitrogen and oxygen atoms in total. The predicted molar refractivity (Wildman–Crippen MR) is 68.5 cm³/mol. The first-order chi connectivity index (χ1) is 8.68. The molecule has 2 rings (SSSR count). The minimum Gasteiger partial charge on any atom is -0.383 e. The van der Waals surface area contributed by atoms with E-state index in [1.54, 1.807) is 18.6 Å². The summed E-state index contributed by atoms with van der Waals surface area (Å²) < 4.78 is 0. The standard InChI is InChI=1S/C13H13N5/c1-9(2)12-11(13(14)18-8-17-12)4-3-10-7-15-5-6-16-10/h5-9H,1-2H3,(H2,14,17,18). The Hall–Kier alpha value is -2.48. The molecule has 2 aromatic heterocycles. The maximum atomic E-state index is 5.83. The zero-order valence-electron chi connectivity index (χ0n) is 10.3. The van der Waals surface area contributed by atoms with E-state index in [0.29, 0.717) is 17.1 Å². The molecule has 2 N–H and O–H groups in total. The summed E-state index contributed by atoms with van der Waals surface area (Å²) in [7, 11) is 0. The van der Waals surface area contributed by atoms with Crippen molar-refractivity contribution in [1.29, 1.82) is 0 Å². The van der Waals surface area contributed by atoms with Crippen molar-refractivity contribution < 1.29 is 0 Å². The van der Waals surface area contributed by atoms with E-state index < -0.39 is 0 Å². The molecule has 0 aromatic carbocycles. The minimum atomic E-state index is 0.237. The molecule has 2 aromatic rings. The topological polar surface area (TPSA) is 77.6 Å². The van der Waals surface area contributed by atoms with Gasteiger partial charge in [0.1, 0.15) is 17.8 Å². The molecule has 0 fully saturated rings. The van der Waals surface area contributed by atoms with Crippen molar-refractivity contribution in [1.82, 2.24) is 19.9 Å². The summed E-state index contributed by atoms with van der Waals surface area (Å²) in [6, 6.07) is 0. The second-order valence-corrected chi connectivity index (χ2v) is 4.01. The molecule has 0 saturated carbocycles. The molecule has 90 valence electrons. The molecule has 0 spiro atoms. The smallest absolute Gasteiger partial charge is 0.142 e. The fraction of sp³-hybridized carbons (Fsp3) is 0.231. The van der Waals surface area contributed by atoms with Gasteiger partial charge in [-0.15, -0.1) is 0 Å². The predicted octanol–water partition coefficient (Wildman–Crippen LogP) is 1.37. The Balaban J connectivity index is 2.44. The maximum absolute atomic E-state index is 5.83. The van der Waals surface area contributed by atoms with E-state index in [0.717, 1.165) is 5.69 Å². The monoisotopic (exact) mass is 239 g/mol. The molecule has 0 saturated heterocycles. The fourth-order valence-corrected chi connectivity index (χ4v) is 1.47. The van der Waals surface area contributed by atoms with Crippen LogP contribution in [0.2, 0.25) is 0 Å². The van der Waals surface area contributed by atoms with Crippen LogP contribution in [0.15, 0.2) is 24.9 Å². The van der Waals surface area contributed by atoms with E-state index >= 15 is 0 Å².